The van der Waals surface area contributed by atoms with Crippen molar-refractivity contribution in [2.24, 2.45) is 0 Å². The Morgan fingerprint density at radius 3 is 2.15 bits per heavy atom. The number of benzene rings is 3. The zero-order valence-electron chi connectivity index (χ0n) is 24.0. The highest BCUT2D eigenvalue weighted by Gasteiger charge is 2.27. The van der Waals surface area contributed by atoms with E-state index in [2.05, 4.69) is 10.6 Å². The molecule has 3 rings (SSSR count). The van der Waals surface area contributed by atoms with Gasteiger partial charge in [0.25, 0.3) is 11.8 Å². The molecule has 3 N–H and O–H groups in total. The molecule has 0 aliphatic heterocycles. The molecule has 0 aliphatic rings. The highest BCUT2D eigenvalue weighted by Crippen LogP contribution is 2.21. The van der Waals surface area contributed by atoms with Gasteiger partial charge in [0.1, 0.15) is 5.82 Å². The number of hydrogen-bond donors (Lipinski definition) is 3. The van der Waals surface area contributed by atoms with E-state index >= 15 is 0 Å². The third-order valence-electron chi connectivity index (χ3n) is 7.04. The van der Waals surface area contributed by atoms with Gasteiger partial charge in [-0.15, -0.1) is 0 Å². The van der Waals surface area contributed by atoms with Crippen molar-refractivity contribution in [1.82, 2.24) is 15.5 Å². The summed E-state index contributed by atoms with van der Waals surface area (Å²) in [5.74, 6) is -0.754. The van der Waals surface area contributed by atoms with Crippen molar-refractivity contribution in [3.63, 3.8) is 0 Å². The first-order chi connectivity index (χ1) is 19.1. The molecule has 2 atom stereocenters. The molecule has 7 heteroatoms. The minimum Gasteiger partial charge on any atom is -0.390 e. The number of nitrogens with zero attached hydrogens (tertiary/aromatic N) is 1. The van der Waals surface area contributed by atoms with E-state index in [1.165, 1.54) is 12.1 Å². The lowest BCUT2D eigenvalue weighted by Crippen LogP contribution is -2.51. The Morgan fingerprint density at radius 2 is 1.52 bits per heavy atom. The zero-order valence-corrected chi connectivity index (χ0v) is 24.0. The average Bonchev–Trinajstić information content (AvgIpc) is 2.96. The van der Waals surface area contributed by atoms with Gasteiger partial charge < -0.3 is 20.6 Å². The molecule has 0 aromatic heterocycles. The predicted octanol–water partition coefficient (Wildman–Crippen LogP) is 5.31. The first kappa shape index (κ1) is 31.0. The molecule has 2 amide bonds. The molecule has 40 heavy (non-hydrogen) atoms. The van der Waals surface area contributed by atoms with Gasteiger partial charge in [-0.1, -0.05) is 62.4 Å². The van der Waals surface area contributed by atoms with Crippen molar-refractivity contribution in [3.05, 3.63) is 107 Å². The monoisotopic (exact) mass is 547 g/mol. The molecule has 0 radical (unpaired) electrons. The first-order valence-electron chi connectivity index (χ1n) is 14.1. The van der Waals surface area contributed by atoms with Gasteiger partial charge in [-0.2, -0.15) is 0 Å². The van der Waals surface area contributed by atoms with E-state index in [4.69, 9.17) is 0 Å². The summed E-state index contributed by atoms with van der Waals surface area (Å²) in [6.07, 6.45) is 1.22. The molecule has 0 unspecified atom stereocenters. The third-order valence-corrected chi connectivity index (χ3v) is 7.04. The number of carbonyl (C=O) groups excluding carboxylic acids is 2. The second kappa shape index (κ2) is 14.7. The molecule has 3 aromatic carbocycles. The molecule has 214 valence electrons. The molecule has 0 heterocycles. The van der Waals surface area contributed by atoms with Crippen LogP contribution in [0.3, 0.4) is 0 Å². The Morgan fingerprint density at radius 1 is 0.900 bits per heavy atom. The van der Waals surface area contributed by atoms with Gasteiger partial charge in [-0.25, -0.2) is 4.39 Å². The number of carbonyl (C=O) groups is 2. The standard InChI is InChI=1S/C33H42FN3O3/c1-5-19-37(20-6-2)32(40)26-14-10-13-25(22-26)31(39)36-29(21-24-11-8-7-9-12-24)30(38)23-35-33(3,4)27-15-17-28(34)18-16-27/h7-18,22,29-30,35,38H,5-6,19-21,23H2,1-4H3,(H,36,39)/t29-,30+/m0/s1. The van der Waals surface area contributed by atoms with Crippen LogP contribution in [-0.2, 0) is 12.0 Å². The summed E-state index contributed by atoms with van der Waals surface area (Å²) in [6.45, 7) is 9.51. The fourth-order valence-electron chi connectivity index (χ4n) is 4.70. The summed E-state index contributed by atoms with van der Waals surface area (Å²) >= 11 is 0. The van der Waals surface area contributed by atoms with Crippen LogP contribution < -0.4 is 10.6 Å². The van der Waals surface area contributed by atoms with Gasteiger partial charge in [0.05, 0.1) is 12.1 Å². The lowest BCUT2D eigenvalue weighted by atomic mass is 9.93. The van der Waals surface area contributed by atoms with E-state index in [0.29, 0.717) is 30.6 Å². The largest absolute Gasteiger partial charge is 0.390 e. The molecule has 0 saturated carbocycles. The molecule has 6 nitrogen and oxygen atoms in total. The summed E-state index contributed by atoms with van der Waals surface area (Å²) in [7, 11) is 0. The van der Waals surface area contributed by atoms with Crippen LogP contribution in [0.15, 0.2) is 78.9 Å². The number of halogens is 1. The maximum absolute atomic E-state index is 13.4. The number of rotatable bonds is 14. The minimum absolute atomic E-state index is 0.0913. The molecular weight excluding hydrogens is 505 g/mol. The molecule has 3 aromatic rings. The Balaban J connectivity index is 1.76. The van der Waals surface area contributed by atoms with Crippen molar-refractivity contribution < 1.29 is 19.1 Å². The van der Waals surface area contributed by atoms with Crippen LogP contribution in [0.5, 0.6) is 0 Å². The maximum atomic E-state index is 13.4. The van der Waals surface area contributed by atoms with Crippen molar-refractivity contribution in [2.75, 3.05) is 19.6 Å². The second-order valence-corrected chi connectivity index (χ2v) is 10.7. The van der Waals surface area contributed by atoms with Crippen molar-refractivity contribution in [1.29, 1.82) is 0 Å². The van der Waals surface area contributed by atoms with Crippen molar-refractivity contribution in [2.45, 2.75) is 64.6 Å². The van der Waals surface area contributed by atoms with E-state index in [9.17, 15) is 19.1 Å². The highest BCUT2D eigenvalue weighted by atomic mass is 19.1. The number of hydrogen-bond acceptors (Lipinski definition) is 4. The third kappa shape index (κ3) is 8.73. The quantitative estimate of drug-likeness (QED) is 0.255. The minimum atomic E-state index is -0.918. The zero-order chi connectivity index (χ0) is 29.1. The fourth-order valence-corrected chi connectivity index (χ4v) is 4.70. The van der Waals surface area contributed by atoms with Gasteiger partial charge in [-0.3, -0.25) is 9.59 Å². The number of aliphatic hydroxyl groups is 1. The van der Waals surface area contributed by atoms with Crippen molar-refractivity contribution in [3.8, 4) is 0 Å². The number of nitrogens with one attached hydrogen (secondary N) is 2. The number of aliphatic hydroxyl groups excluding tert-OH is 1. The molecule has 0 bridgehead atoms. The molecule has 0 aliphatic carbocycles. The Bertz CT molecular complexity index is 1230. The van der Waals surface area contributed by atoms with E-state index in [-0.39, 0.29) is 24.2 Å². The first-order valence-corrected chi connectivity index (χ1v) is 14.1. The van der Waals surface area contributed by atoms with Gasteiger partial charge in [0.2, 0.25) is 0 Å². The normalized spacial score (nSPS) is 12.9. The van der Waals surface area contributed by atoms with Crippen LogP contribution in [0.4, 0.5) is 4.39 Å². The summed E-state index contributed by atoms with van der Waals surface area (Å²) in [5.41, 5.74) is 2.16. The second-order valence-electron chi connectivity index (χ2n) is 10.7. The molecule has 0 fully saturated rings. The molecular formula is C33H42FN3O3. The van der Waals surface area contributed by atoms with E-state index in [1.807, 2.05) is 62.9 Å². The van der Waals surface area contributed by atoms with Crippen LogP contribution in [0.1, 0.15) is 72.4 Å². The van der Waals surface area contributed by atoms with Gasteiger partial charge >= 0.3 is 0 Å². The average molecular weight is 548 g/mol. The smallest absolute Gasteiger partial charge is 0.253 e. The predicted molar refractivity (Wildman–Crippen MR) is 158 cm³/mol. The van der Waals surface area contributed by atoms with Crippen LogP contribution in [-0.4, -0.2) is 53.6 Å². The Kier molecular flexibility index (Phi) is 11.4. The highest BCUT2D eigenvalue weighted by molar-refractivity contribution is 5.99. The van der Waals surface area contributed by atoms with Crippen LogP contribution in [0, 0.1) is 5.82 Å². The summed E-state index contributed by atoms with van der Waals surface area (Å²) in [4.78, 5) is 28.3. The lowest BCUT2D eigenvalue weighted by molar-refractivity contribution is 0.0755. The summed E-state index contributed by atoms with van der Waals surface area (Å²) in [6, 6.07) is 22.1. The topological polar surface area (TPSA) is 81.7 Å². The summed E-state index contributed by atoms with van der Waals surface area (Å²) in [5, 5.41) is 17.6. The van der Waals surface area contributed by atoms with Crippen molar-refractivity contribution >= 4 is 11.8 Å². The fraction of sp³-hybridized carbons (Fsp3) is 0.394. The maximum Gasteiger partial charge on any atom is 0.253 e. The Hall–Kier alpha value is -3.55. The van der Waals surface area contributed by atoms with Crippen LogP contribution >= 0.6 is 0 Å². The van der Waals surface area contributed by atoms with Gasteiger partial charge in [0, 0.05) is 36.3 Å². The SMILES string of the molecule is CCCN(CCC)C(=O)c1cccc(C(=O)N[C@@H](Cc2ccccc2)[C@H](O)CNC(C)(C)c2ccc(F)cc2)c1. The summed E-state index contributed by atoms with van der Waals surface area (Å²) < 4.78 is 13.4. The van der Waals surface area contributed by atoms with Crippen LogP contribution in [0.2, 0.25) is 0 Å². The lowest BCUT2D eigenvalue weighted by Gasteiger charge is -2.31. The molecule has 0 spiro atoms. The number of amides is 2. The van der Waals surface area contributed by atoms with Gasteiger partial charge in [-0.05, 0) is 74.6 Å². The Labute approximate surface area is 237 Å². The van der Waals surface area contributed by atoms with E-state index in [0.717, 1.165) is 24.0 Å². The molecule has 0 saturated heterocycles. The van der Waals surface area contributed by atoms with E-state index in [1.54, 1.807) is 36.4 Å². The van der Waals surface area contributed by atoms with E-state index < -0.39 is 17.7 Å². The van der Waals surface area contributed by atoms with Gasteiger partial charge in [0.15, 0.2) is 0 Å². The van der Waals surface area contributed by atoms with Crippen LogP contribution in [0.25, 0.3) is 0 Å².